The molecule has 0 unspecified atom stereocenters. The predicted molar refractivity (Wildman–Crippen MR) is 81.1 cm³/mol. The molecule has 21 heavy (non-hydrogen) atoms. The molecule has 6 nitrogen and oxygen atoms in total. The number of imidazole rings is 1. The number of aromatic nitrogens is 4. The second kappa shape index (κ2) is 5.40. The van der Waals surface area contributed by atoms with Crippen LogP contribution in [0.4, 0.5) is 5.95 Å². The molecule has 0 spiro atoms. The van der Waals surface area contributed by atoms with Crippen molar-refractivity contribution in [2.24, 2.45) is 0 Å². The van der Waals surface area contributed by atoms with Crippen molar-refractivity contribution >= 4 is 22.9 Å². The molecule has 2 N–H and O–H groups in total. The molecule has 3 rings (SSSR count). The van der Waals surface area contributed by atoms with Crippen LogP contribution < -0.4 is 5.32 Å². The Hall–Kier alpha value is -2.63. The molecule has 0 radical (unpaired) electrons. The highest BCUT2D eigenvalue weighted by Gasteiger charge is 2.13. The number of fused-ring (bicyclic) bond motifs is 1. The third kappa shape index (κ3) is 2.65. The maximum Gasteiger partial charge on any atom is 0.232 e. The molecule has 1 amide bonds. The molecule has 6 heteroatoms. The van der Waals surface area contributed by atoms with E-state index in [2.05, 4.69) is 20.5 Å². The van der Waals surface area contributed by atoms with E-state index in [0.29, 0.717) is 5.95 Å². The first-order valence-electron chi connectivity index (χ1n) is 6.92. The second-order valence-corrected chi connectivity index (χ2v) is 4.98. The lowest BCUT2D eigenvalue weighted by Gasteiger charge is -2.07. The molecule has 1 aromatic carbocycles. The standard InChI is InChI=1S/C15H17N5O/c1-3-20-13-5-4-10(2)8-12(13)17-15(20)18-14(21)9-11-6-7-16-19-11/h4-8H,3,9H2,1-2H3,(H,16,19)(H,17,18,21). The summed E-state index contributed by atoms with van der Waals surface area (Å²) in [5.41, 5.74) is 3.86. The largest absolute Gasteiger partial charge is 0.310 e. The van der Waals surface area contributed by atoms with Gasteiger partial charge in [0.05, 0.1) is 17.5 Å². The molecule has 0 bridgehead atoms. The number of hydrogen-bond donors (Lipinski definition) is 2. The number of H-pyrrole nitrogens is 1. The number of nitrogens with one attached hydrogen (secondary N) is 2. The molecule has 0 aliphatic rings. The van der Waals surface area contributed by atoms with Crippen LogP contribution in [0.25, 0.3) is 11.0 Å². The summed E-state index contributed by atoms with van der Waals surface area (Å²) >= 11 is 0. The van der Waals surface area contributed by atoms with E-state index in [-0.39, 0.29) is 12.3 Å². The fraction of sp³-hybridized carbons (Fsp3) is 0.267. The van der Waals surface area contributed by atoms with E-state index in [9.17, 15) is 4.79 Å². The van der Waals surface area contributed by atoms with Crippen molar-refractivity contribution in [2.45, 2.75) is 26.8 Å². The van der Waals surface area contributed by atoms with Gasteiger partial charge in [0.2, 0.25) is 11.9 Å². The third-order valence-corrected chi connectivity index (χ3v) is 3.38. The Labute approximate surface area is 122 Å². The zero-order valence-electron chi connectivity index (χ0n) is 12.1. The van der Waals surface area contributed by atoms with Gasteiger partial charge in [0, 0.05) is 18.4 Å². The van der Waals surface area contributed by atoms with Gasteiger partial charge in [-0.3, -0.25) is 15.2 Å². The predicted octanol–water partition coefficient (Wildman–Crippen LogP) is 2.27. The molecule has 0 saturated heterocycles. The lowest BCUT2D eigenvalue weighted by Crippen LogP contribution is -2.17. The Morgan fingerprint density at radius 1 is 1.38 bits per heavy atom. The first-order chi connectivity index (χ1) is 10.2. The van der Waals surface area contributed by atoms with Crippen molar-refractivity contribution < 1.29 is 4.79 Å². The van der Waals surface area contributed by atoms with Crippen LogP contribution in [0.1, 0.15) is 18.2 Å². The van der Waals surface area contributed by atoms with Gasteiger partial charge >= 0.3 is 0 Å². The monoisotopic (exact) mass is 283 g/mol. The Balaban J connectivity index is 1.87. The molecule has 0 saturated carbocycles. The smallest absolute Gasteiger partial charge is 0.232 e. The van der Waals surface area contributed by atoms with Crippen LogP contribution in [-0.4, -0.2) is 25.7 Å². The minimum atomic E-state index is -0.110. The van der Waals surface area contributed by atoms with Crippen molar-refractivity contribution in [3.63, 3.8) is 0 Å². The summed E-state index contributed by atoms with van der Waals surface area (Å²) in [7, 11) is 0. The molecule has 0 atom stereocenters. The normalized spacial score (nSPS) is 11.0. The van der Waals surface area contributed by atoms with Gasteiger partial charge in [-0.25, -0.2) is 4.98 Å². The van der Waals surface area contributed by atoms with E-state index in [4.69, 9.17) is 0 Å². The molecular weight excluding hydrogens is 266 g/mol. The van der Waals surface area contributed by atoms with Gasteiger partial charge in [-0.1, -0.05) is 6.07 Å². The number of rotatable bonds is 4. The van der Waals surface area contributed by atoms with Crippen molar-refractivity contribution in [3.05, 3.63) is 41.7 Å². The van der Waals surface area contributed by atoms with Crippen LogP contribution in [0.3, 0.4) is 0 Å². The number of carbonyl (C=O) groups is 1. The number of aryl methyl sites for hydroxylation is 2. The lowest BCUT2D eigenvalue weighted by atomic mass is 10.2. The Morgan fingerprint density at radius 3 is 2.95 bits per heavy atom. The summed E-state index contributed by atoms with van der Waals surface area (Å²) in [6, 6.07) is 7.88. The van der Waals surface area contributed by atoms with Crippen molar-refractivity contribution in [1.29, 1.82) is 0 Å². The van der Waals surface area contributed by atoms with Gasteiger partial charge in [-0.15, -0.1) is 0 Å². The van der Waals surface area contributed by atoms with Crippen LogP contribution in [0.2, 0.25) is 0 Å². The highest BCUT2D eigenvalue weighted by atomic mass is 16.1. The molecule has 2 aromatic heterocycles. The molecule has 2 heterocycles. The van der Waals surface area contributed by atoms with Crippen LogP contribution >= 0.6 is 0 Å². The summed E-state index contributed by atoms with van der Waals surface area (Å²) in [5, 5.41) is 9.49. The number of amides is 1. The van der Waals surface area contributed by atoms with Crippen LogP contribution in [0.5, 0.6) is 0 Å². The van der Waals surface area contributed by atoms with Gasteiger partial charge in [0.25, 0.3) is 0 Å². The number of aromatic amines is 1. The summed E-state index contributed by atoms with van der Waals surface area (Å²) in [4.78, 5) is 16.6. The van der Waals surface area contributed by atoms with Crippen LogP contribution in [0.15, 0.2) is 30.5 Å². The molecule has 3 aromatic rings. The maximum atomic E-state index is 12.1. The van der Waals surface area contributed by atoms with E-state index in [1.165, 1.54) is 0 Å². The van der Waals surface area contributed by atoms with Gasteiger partial charge in [-0.05, 0) is 37.6 Å². The maximum absolute atomic E-state index is 12.1. The Morgan fingerprint density at radius 2 is 2.24 bits per heavy atom. The minimum Gasteiger partial charge on any atom is -0.310 e. The summed E-state index contributed by atoms with van der Waals surface area (Å²) in [6.07, 6.45) is 1.89. The highest BCUT2D eigenvalue weighted by Crippen LogP contribution is 2.21. The van der Waals surface area contributed by atoms with Crippen molar-refractivity contribution in [3.8, 4) is 0 Å². The SMILES string of the molecule is CCn1c(NC(=O)Cc2ccn[nH]2)nc2cc(C)ccc21. The highest BCUT2D eigenvalue weighted by molar-refractivity contribution is 5.92. The molecule has 108 valence electrons. The number of anilines is 1. The fourth-order valence-electron chi connectivity index (χ4n) is 2.38. The number of benzene rings is 1. The molecular formula is C15H17N5O. The molecule has 0 fully saturated rings. The fourth-order valence-corrected chi connectivity index (χ4v) is 2.38. The van der Waals surface area contributed by atoms with E-state index in [0.717, 1.165) is 28.8 Å². The average molecular weight is 283 g/mol. The number of nitrogens with zero attached hydrogens (tertiary/aromatic N) is 3. The zero-order valence-corrected chi connectivity index (χ0v) is 12.1. The average Bonchev–Trinajstić information content (AvgIpc) is 3.05. The summed E-state index contributed by atoms with van der Waals surface area (Å²) < 4.78 is 2.00. The molecule has 0 aliphatic heterocycles. The number of hydrogen-bond acceptors (Lipinski definition) is 3. The minimum absolute atomic E-state index is 0.110. The third-order valence-electron chi connectivity index (χ3n) is 3.38. The van der Waals surface area contributed by atoms with Crippen molar-refractivity contribution in [2.75, 3.05) is 5.32 Å². The first-order valence-corrected chi connectivity index (χ1v) is 6.92. The first kappa shape index (κ1) is 13.4. The molecule has 0 aliphatic carbocycles. The van der Waals surface area contributed by atoms with E-state index in [1.54, 1.807) is 12.3 Å². The Bertz CT molecular complexity index is 773. The van der Waals surface area contributed by atoms with E-state index < -0.39 is 0 Å². The second-order valence-electron chi connectivity index (χ2n) is 4.98. The topological polar surface area (TPSA) is 75.6 Å². The lowest BCUT2D eigenvalue weighted by molar-refractivity contribution is -0.115. The van der Waals surface area contributed by atoms with E-state index in [1.807, 2.05) is 36.6 Å². The van der Waals surface area contributed by atoms with Gasteiger partial charge in [0.15, 0.2) is 0 Å². The van der Waals surface area contributed by atoms with Gasteiger partial charge in [0.1, 0.15) is 0 Å². The Kier molecular flexibility index (Phi) is 3.43. The zero-order chi connectivity index (χ0) is 14.8. The summed E-state index contributed by atoms with van der Waals surface area (Å²) in [6.45, 7) is 4.81. The van der Waals surface area contributed by atoms with E-state index >= 15 is 0 Å². The van der Waals surface area contributed by atoms with Crippen LogP contribution in [0, 0.1) is 6.92 Å². The van der Waals surface area contributed by atoms with Crippen molar-refractivity contribution in [1.82, 2.24) is 19.7 Å². The van der Waals surface area contributed by atoms with Gasteiger partial charge in [-0.2, -0.15) is 5.10 Å². The quantitative estimate of drug-likeness (QED) is 0.771. The van der Waals surface area contributed by atoms with Crippen LogP contribution in [-0.2, 0) is 17.8 Å². The van der Waals surface area contributed by atoms with Gasteiger partial charge < -0.3 is 4.57 Å². The number of carbonyl (C=O) groups excluding carboxylic acids is 1. The summed E-state index contributed by atoms with van der Waals surface area (Å²) in [5.74, 6) is 0.476.